The van der Waals surface area contributed by atoms with Gasteiger partial charge < -0.3 is 5.73 Å². The van der Waals surface area contributed by atoms with E-state index in [1.807, 2.05) is 6.92 Å². The molecule has 0 unspecified atom stereocenters. The summed E-state index contributed by atoms with van der Waals surface area (Å²) in [6.45, 7) is 8.09. The number of carbonyl (C=O) groups excluding carboxylic acids is 1. The molecule has 2 rings (SSSR count). The monoisotopic (exact) mass is 260 g/mol. The molecule has 0 bridgehead atoms. The van der Waals surface area contributed by atoms with Crippen LogP contribution in [0.25, 0.3) is 10.6 Å². The van der Waals surface area contributed by atoms with Crippen molar-refractivity contribution in [2.45, 2.75) is 27.7 Å². The van der Waals surface area contributed by atoms with Crippen molar-refractivity contribution in [2.24, 2.45) is 5.73 Å². The SMILES string of the molecule is Cc1ccc(-c2nc(C)c(C(N)=O)s2)c(C)c1C. The van der Waals surface area contributed by atoms with E-state index in [0.717, 1.165) is 10.6 Å². The fourth-order valence-corrected chi connectivity index (χ4v) is 2.93. The van der Waals surface area contributed by atoms with Crippen LogP contribution in [0.1, 0.15) is 32.1 Å². The van der Waals surface area contributed by atoms with E-state index >= 15 is 0 Å². The Kier molecular flexibility index (Phi) is 3.22. The van der Waals surface area contributed by atoms with Crippen molar-refractivity contribution in [3.05, 3.63) is 39.4 Å². The number of thiazole rings is 1. The summed E-state index contributed by atoms with van der Waals surface area (Å²) in [5.74, 6) is -0.405. The molecular formula is C14H16N2OS. The Labute approximate surface area is 111 Å². The van der Waals surface area contributed by atoms with Crippen molar-refractivity contribution in [3.8, 4) is 10.6 Å². The molecule has 0 aliphatic rings. The summed E-state index contributed by atoms with van der Waals surface area (Å²) < 4.78 is 0. The van der Waals surface area contributed by atoms with Gasteiger partial charge in [-0.1, -0.05) is 12.1 Å². The smallest absolute Gasteiger partial charge is 0.260 e. The molecule has 0 atom stereocenters. The summed E-state index contributed by atoms with van der Waals surface area (Å²) in [6.07, 6.45) is 0. The number of primary amides is 1. The lowest BCUT2D eigenvalue weighted by Gasteiger charge is -2.08. The lowest BCUT2D eigenvalue weighted by Crippen LogP contribution is -2.09. The largest absolute Gasteiger partial charge is 0.365 e. The molecule has 18 heavy (non-hydrogen) atoms. The number of rotatable bonds is 2. The van der Waals surface area contributed by atoms with Gasteiger partial charge in [-0.25, -0.2) is 4.98 Å². The van der Waals surface area contributed by atoms with Crippen molar-refractivity contribution in [3.63, 3.8) is 0 Å². The fourth-order valence-electron chi connectivity index (χ4n) is 1.93. The number of amides is 1. The number of nitrogens with zero attached hydrogens (tertiary/aromatic N) is 1. The van der Waals surface area contributed by atoms with Crippen molar-refractivity contribution >= 4 is 17.2 Å². The summed E-state index contributed by atoms with van der Waals surface area (Å²) in [5, 5.41) is 0.863. The van der Waals surface area contributed by atoms with Crippen LogP contribution < -0.4 is 5.73 Å². The van der Waals surface area contributed by atoms with Gasteiger partial charge in [0.05, 0.1) is 5.69 Å². The number of nitrogens with two attached hydrogens (primary N) is 1. The van der Waals surface area contributed by atoms with Crippen LogP contribution in [0.2, 0.25) is 0 Å². The van der Waals surface area contributed by atoms with Crippen LogP contribution in [0, 0.1) is 27.7 Å². The lowest BCUT2D eigenvalue weighted by molar-refractivity contribution is 0.100. The van der Waals surface area contributed by atoms with Gasteiger partial charge in [0, 0.05) is 5.56 Å². The number of hydrogen-bond acceptors (Lipinski definition) is 3. The first-order valence-corrected chi connectivity index (χ1v) is 6.58. The Morgan fingerprint density at radius 2 is 1.83 bits per heavy atom. The van der Waals surface area contributed by atoms with Gasteiger partial charge in [0.1, 0.15) is 9.88 Å². The first-order chi connectivity index (χ1) is 8.41. The Morgan fingerprint density at radius 1 is 1.17 bits per heavy atom. The van der Waals surface area contributed by atoms with Crippen molar-refractivity contribution < 1.29 is 4.79 Å². The van der Waals surface area contributed by atoms with Crippen LogP contribution in [0.3, 0.4) is 0 Å². The van der Waals surface area contributed by atoms with Crippen molar-refractivity contribution in [1.29, 1.82) is 0 Å². The third kappa shape index (κ3) is 2.04. The summed E-state index contributed by atoms with van der Waals surface area (Å²) in [4.78, 5) is 16.3. The predicted molar refractivity (Wildman–Crippen MR) is 75.0 cm³/mol. The van der Waals surface area contributed by atoms with E-state index in [1.54, 1.807) is 0 Å². The summed E-state index contributed by atoms with van der Waals surface area (Å²) in [6, 6.07) is 4.14. The van der Waals surface area contributed by atoms with E-state index < -0.39 is 5.91 Å². The molecule has 0 aliphatic heterocycles. The average molecular weight is 260 g/mol. The second-order valence-corrected chi connectivity index (χ2v) is 5.48. The third-order valence-corrected chi connectivity index (χ3v) is 4.51. The predicted octanol–water partition coefficient (Wildman–Crippen LogP) is 3.14. The molecule has 0 aliphatic carbocycles. The van der Waals surface area contributed by atoms with Crippen LogP contribution in [-0.2, 0) is 0 Å². The Morgan fingerprint density at radius 3 is 2.39 bits per heavy atom. The third-order valence-electron chi connectivity index (χ3n) is 3.31. The Balaban J connectivity index is 2.60. The maximum atomic E-state index is 11.3. The van der Waals surface area contributed by atoms with Gasteiger partial charge in [0.2, 0.25) is 0 Å². The van der Waals surface area contributed by atoms with Crippen molar-refractivity contribution in [2.75, 3.05) is 0 Å². The van der Waals surface area contributed by atoms with Crippen molar-refractivity contribution in [1.82, 2.24) is 4.98 Å². The maximum absolute atomic E-state index is 11.3. The van der Waals surface area contributed by atoms with Gasteiger partial charge in [0.15, 0.2) is 0 Å². The van der Waals surface area contributed by atoms with E-state index in [-0.39, 0.29) is 0 Å². The molecule has 1 aromatic heterocycles. The minimum Gasteiger partial charge on any atom is -0.365 e. The molecule has 1 amide bonds. The number of carbonyl (C=O) groups is 1. The maximum Gasteiger partial charge on any atom is 0.260 e. The minimum absolute atomic E-state index is 0.405. The normalized spacial score (nSPS) is 10.7. The molecule has 0 fully saturated rings. The Hall–Kier alpha value is -1.68. The molecule has 1 heterocycles. The van der Waals surface area contributed by atoms with Crippen LogP contribution in [0.15, 0.2) is 12.1 Å². The molecule has 0 saturated heterocycles. The molecule has 0 radical (unpaired) electrons. The minimum atomic E-state index is -0.405. The van der Waals surface area contributed by atoms with Gasteiger partial charge in [-0.3, -0.25) is 4.79 Å². The zero-order valence-corrected chi connectivity index (χ0v) is 11.8. The summed E-state index contributed by atoms with van der Waals surface area (Å²) >= 11 is 1.36. The van der Waals surface area contributed by atoms with Gasteiger partial charge in [-0.15, -0.1) is 11.3 Å². The molecule has 1 aromatic carbocycles. The van der Waals surface area contributed by atoms with Crippen LogP contribution in [0.4, 0.5) is 0 Å². The quantitative estimate of drug-likeness (QED) is 0.901. The number of benzene rings is 1. The van der Waals surface area contributed by atoms with Gasteiger partial charge in [0.25, 0.3) is 5.91 Å². The fraction of sp³-hybridized carbons (Fsp3) is 0.286. The van der Waals surface area contributed by atoms with Gasteiger partial charge in [-0.05, 0) is 44.4 Å². The molecule has 94 valence electrons. The molecular weight excluding hydrogens is 244 g/mol. The molecule has 3 nitrogen and oxygen atoms in total. The highest BCUT2D eigenvalue weighted by molar-refractivity contribution is 7.17. The van der Waals surface area contributed by atoms with E-state index in [0.29, 0.717) is 10.6 Å². The zero-order chi connectivity index (χ0) is 13.4. The zero-order valence-electron chi connectivity index (χ0n) is 11.0. The first-order valence-electron chi connectivity index (χ1n) is 5.76. The molecule has 2 N–H and O–H groups in total. The van der Waals surface area contributed by atoms with E-state index in [4.69, 9.17) is 5.73 Å². The van der Waals surface area contributed by atoms with Gasteiger partial charge in [-0.2, -0.15) is 0 Å². The number of hydrogen-bond donors (Lipinski definition) is 1. The van der Waals surface area contributed by atoms with Crippen LogP contribution in [0.5, 0.6) is 0 Å². The lowest BCUT2D eigenvalue weighted by atomic mass is 9.99. The van der Waals surface area contributed by atoms with E-state index in [2.05, 4.69) is 37.9 Å². The second-order valence-electron chi connectivity index (χ2n) is 4.48. The Bertz CT molecular complexity index is 629. The molecule has 0 spiro atoms. The molecule has 2 aromatic rings. The topological polar surface area (TPSA) is 56.0 Å². The highest BCUT2D eigenvalue weighted by Crippen LogP contribution is 2.32. The highest BCUT2D eigenvalue weighted by atomic mass is 32.1. The van der Waals surface area contributed by atoms with E-state index in [9.17, 15) is 4.79 Å². The number of aromatic nitrogens is 1. The molecule has 0 saturated carbocycles. The first kappa shape index (κ1) is 12.8. The highest BCUT2D eigenvalue weighted by Gasteiger charge is 2.15. The van der Waals surface area contributed by atoms with Crippen LogP contribution in [-0.4, -0.2) is 10.9 Å². The summed E-state index contributed by atoms with van der Waals surface area (Å²) in [7, 11) is 0. The van der Waals surface area contributed by atoms with Crippen LogP contribution >= 0.6 is 11.3 Å². The standard InChI is InChI=1S/C14H16N2OS/c1-7-5-6-11(9(3)8(7)2)14-16-10(4)12(18-14)13(15)17/h5-6H,1-4H3,(H2,15,17). The van der Waals surface area contributed by atoms with Gasteiger partial charge >= 0.3 is 0 Å². The summed E-state index contributed by atoms with van der Waals surface area (Å²) in [5.41, 5.74) is 10.9. The average Bonchev–Trinajstić information content (AvgIpc) is 2.68. The molecule has 4 heteroatoms. The van der Waals surface area contributed by atoms with E-state index in [1.165, 1.54) is 28.0 Å². The number of aryl methyl sites for hydroxylation is 2. The second kappa shape index (κ2) is 4.53.